The number of hydrogen-bond acceptors (Lipinski definition) is 0. The first-order chi connectivity index (χ1) is 7.59. The average molecular weight is 217 g/mol. The summed E-state index contributed by atoms with van der Waals surface area (Å²) in [5.41, 5.74) is 4.49. The fraction of sp³-hybridized carbons (Fsp3) is 0.286. The first kappa shape index (κ1) is 10.9. The first-order valence-corrected chi connectivity index (χ1v) is 5.46. The monoisotopic (exact) mass is 217 g/mol. The normalized spacial score (nSPS) is 10.8. The van der Waals surface area contributed by atoms with Crippen LogP contribution in [0, 0.1) is 26.6 Å². The predicted octanol–water partition coefficient (Wildman–Crippen LogP) is 3.60. The molecule has 0 N–H and O–H groups in total. The Balaban J connectivity index is 2.34. The van der Waals surface area contributed by atoms with Crippen molar-refractivity contribution in [3.63, 3.8) is 0 Å². The molecule has 1 aromatic carbocycles. The van der Waals surface area contributed by atoms with E-state index in [9.17, 15) is 4.39 Å². The minimum atomic E-state index is -0.133. The van der Waals surface area contributed by atoms with Crippen molar-refractivity contribution in [2.75, 3.05) is 0 Å². The van der Waals surface area contributed by atoms with Crippen molar-refractivity contribution in [2.45, 2.75) is 27.3 Å². The van der Waals surface area contributed by atoms with Gasteiger partial charge in [-0.2, -0.15) is 0 Å². The number of nitrogens with zero attached hydrogens (tertiary/aromatic N) is 1. The summed E-state index contributed by atoms with van der Waals surface area (Å²) in [6.07, 6.45) is 2.08. The van der Waals surface area contributed by atoms with Crippen LogP contribution in [0.3, 0.4) is 0 Å². The van der Waals surface area contributed by atoms with Crippen LogP contribution in [0.25, 0.3) is 0 Å². The molecule has 1 nitrogen and oxygen atoms in total. The molecule has 0 saturated carbocycles. The second kappa shape index (κ2) is 4.12. The molecule has 0 saturated heterocycles. The maximum absolute atomic E-state index is 13.5. The lowest BCUT2D eigenvalue weighted by Crippen LogP contribution is -2.02. The largest absolute Gasteiger partial charge is 0.347 e. The van der Waals surface area contributed by atoms with Crippen LogP contribution < -0.4 is 0 Å². The fourth-order valence-corrected chi connectivity index (χ4v) is 1.90. The van der Waals surface area contributed by atoms with Crippen molar-refractivity contribution in [1.29, 1.82) is 0 Å². The molecule has 2 heteroatoms. The Morgan fingerprint density at radius 3 is 2.38 bits per heavy atom. The maximum atomic E-state index is 13.5. The van der Waals surface area contributed by atoms with E-state index in [1.165, 1.54) is 22.9 Å². The number of halogens is 1. The van der Waals surface area contributed by atoms with Crippen LogP contribution in [0.15, 0.2) is 30.5 Å². The second-order valence-electron chi connectivity index (χ2n) is 4.24. The van der Waals surface area contributed by atoms with E-state index in [1.807, 2.05) is 12.1 Å². The highest BCUT2D eigenvalue weighted by Crippen LogP contribution is 2.17. The van der Waals surface area contributed by atoms with Gasteiger partial charge in [-0.15, -0.1) is 0 Å². The lowest BCUT2D eigenvalue weighted by atomic mass is 10.2. The van der Waals surface area contributed by atoms with Gasteiger partial charge in [-0.3, -0.25) is 0 Å². The van der Waals surface area contributed by atoms with Crippen LogP contribution in [0.2, 0.25) is 0 Å². The van der Waals surface area contributed by atoms with Gasteiger partial charge in [-0.05, 0) is 38.0 Å². The van der Waals surface area contributed by atoms with Crippen molar-refractivity contribution in [3.05, 3.63) is 58.7 Å². The van der Waals surface area contributed by atoms with Gasteiger partial charge in [0.05, 0.1) is 6.54 Å². The SMILES string of the molecule is Cc1cn(Cc2ccccc2F)c(C)c1C. The van der Waals surface area contributed by atoms with E-state index in [4.69, 9.17) is 0 Å². The summed E-state index contributed by atoms with van der Waals surface area (Å²) in [6, 6.07) is 6.93. The molecule has 0 aliphatic carbocycles. The Morgan fingerprint density at radius 1 is 1.12 bits per heavy atom. The molecule has 2 rings (SSSR count). The average Bonchev–Trinajstić information content (AvgIpc) is 2.50. The van der Waals surface area contributed by atoms with Gasteiger partial charge in [-0.25, -0.2) is 4.39 Å². The molecule has 0 radical (unpaired) electrons. The highest BCUT2D eigenvalue weighted by Gasteiger charge is 2.07. The molecule has 0 bridgehead atoms. The zero-order chi connectivity index (χ0) is 11.7. The standard InChI is InChI=1S/C14H16FN/c1-10-8-16(12(3)11(10)2)9-13-6-4-5-7-14(13)15/h4-8H,9H2,1-3H3. The van der Waals surface area contributed by atoms with E-state index in [0.29, 0.717) is 6.54 Å². The Morgan fingerprint density at radius 2 is 1.81 bits per heavy atom. The van der Waals surface area contributed by atoms with Crippen molar-refractivity contribution in [3.8, 4) is 0 Å². The third-order valence-electron chi connectivity index (χ3n) is 3.21. The lowest BCUT2D eigenvalue weighted by Gasteiger charge is -2.07. The summed E-state index contributed by atoms with van der Waals surface area (Å²) in [7, 11) is 0. The quantitative estimate of drug-likeness (QED) is 0.724. The highest BCUT2D eigenvalue weighted by atomic mass is 19.1. The van der Waals surface area contributed by atoms with Crippen LogP contribution in [-0.4, -0.2) is 4.57 Å². The highest BCUT2D eigenvalue weighted by molar-refractivity contribution is 5.30. The molecule has 0 aliphatic heterocycles. The molecule has 1 aromatic heterocycles. The third kappa shape index (κ3) is 1.87. The Hall–Kier alpha value is -1.57. The van der Waals surface area contributed by atoms with Crippen molar-refractivity contribution >= 4 is 0 Å². The van der Waals surface area contributed by atoms with Gasteiger partial charge in [0, 0.05) is 17.5 Å². The zero-order valence-corrected chi connectivity index (χ0v) is 9.92. The topological polar surface area (TPSA) is 4.93 Å². The van der Waals surface area contributed by atoms with Crippen LogP contribution in [0.1, 0.15) is 22.4 Å². The lowest BCUT2D eigenvalue weighted by molar-refractivity contribution is 0.597. The van der Waals surface area contributed by atoms with Gasteiger partial charge in [0.2, 0.25) is 0 Å². The predicted molar refractivity (Wildman–Crippen MR) is 64.1 cm³/mol. The summed E-state index contributed by atoms with van der Waals surface area (Å²) in [5.74, 6) is -0.133. The van der Waals surface area contributed by atoms with Crippen LogP contribution in [-0.2, 0) is 6.54 Å². The van der Waals surface area contributed by atoms with Gasteiger partial charge in [0.15, 0.2) is 0 Å². The number of benzene rings is 1. The summed E-state index contributed by atoms with van der Waals surface area (Å²) in [6.45, 7) is 6.86. The minimum Gasteiger partial charge on any atom is -0.347 e. The molecule has 16 heavy (non-hydrogen) atoms. The van der Waals surface area contributed by atoms with E-state index in [-0.39, 0.29) is 5.82 Å². The summed E-state index contributed by atoms with van der Waals surface area (Å²) in [4.78, 5) is 0. The molecule has 0 fully saturated rings. The molecule has 1 heterocycles. The minimum absolute atomic E-state index is 0.133. The van der Waals surface area contributed by atoms with E-state index in [1.54, 1.807) is 6.07 Å². The molecule has 0 aliphatic rings. The van der Waals surface area contributed by atoms with Gasteiger partial charge in [0.25, 0.3) is 0 Å². The van der Waals surface area contributed by atoms with Crippen LogP contribution in [0.4, 0.5) is 4.39 Å². The smallest absolute Gasteiger partial charge is 0.128 e. The third-order valence-corrected chi connectivity index (χ3v) is 3.21. The molecular formula is C14H16FN. The van der Waals surface area contributed by atoms with Crippen molar-refractivity contribution in [2.24, 2.45) is 0 Å². The molecule has 84 valence electrons. The molecule has 2 aromatic rings. The van der Waals surface area contributed by atoms with Crippen molar-refractivity contribution < 1.29 is 4.39 Å². The van der Waals surface area contributed by atoms with Gasteiger partial charge in [-0.1, -0.05) is 18.2 Å². The number of aryl methyl sites for hydroxylation is 1. The Kier molecular flexibility index (Phi) is 2.82. The summed E-state index contributed by atoms with van der Waals surface area (Å²) >= 11 is 0. The van der Waals surface area contributed by atoms with E-state index < -0.39 is 0 Å². The number of hydrogen-bond donors (Lipinski definition) is 0. The van der Waals surface area contributed by atoms with Crippen molar-refractivity contribution in [1.82, 2.24) is 4.57 Å². The molecule has 0 amide bonds. The molecule has 0 atom stereocenters. The Bertz CT molecular complexity index is 511. The van der Waals surface area contributed by atoms with Crippen LogP contribution in [0.5, 0.6) is 0 Å². The van der Waals surface area contributed by atoms with E-state index in [2.05, 4.69) is 31.5 Å². The van der Waals surface area contributed by atoms with E-state index in [0.717, 1.165) is 5.56 Å². The molecular weight excluding hydrogens is 201 g/mol. The zero-order valence-electron chi connectivity index (χ0n) is 9.92. The number of aromatic nitrogens is 1. The second-order valence-corrected chi connectivity index (χ2v) is 4.24. The summed E-state index contributed by atoms with van der Waals surface area (Å²) < 4.78 is 15.6. The van der Waals surface area contributed by atoms with Crippen LogP contribution >= 0.6 is 0 Å². The maximum Gasteiger partial charge on any atom is 0.128 e. The molecule has 0 unspecified atom stereocenters. The molecule has 0 spiro atoms. The van der Waals surface area contributed by atoms with Gasteiger partial charge >= 0.3 is 0 Å². The van der Waals surface area contributed by atoms with Gasteiger partial charge in [0.1, 0.15) is 5.82 Å². The number of rotatable bonds is 2. The Labute approximate surface area is 95.5 Å². The van der Waals surface area contributed by atoms with Gasteiger partial charge < -0.3 is 4.57 Å². The summed E-state index contributed by atoms with van der Waals surface area (Å²) in [5, 5.41) is 0. The first-order valence-electron chi connectivity index (χ1n) is 5.46. The van der Waals surface area contributed by atoms with E-state index >= 15 is 0 Å². The fourth-order valence-electron chi connectivity index (χ4n) is 1.90.